The molecule has 1 aromatic heterocycles. The van der Waals surface area contributed by atoms with Crippen molar-refractivity contribution in [2.45, 2.75) is 0 Å². The average Bonchev–Trinajstić information content (AvgIpc) is 2.77. The third-order valence-electron chi connectivity index (χ3n) is 2.89. The van der Waals surface area contributed by atoms with E-state index in [-0.39, 0.29) is 5.91 Å². The maximum Gasteiger partial charge on any atom is 0.267 e. The molecule has 106 valence electrons. The number of thiophene rings is 1. The molecule has 0 unspecified atom stereocenters. The summed E-state index contributed by atoms with van der Waals surface area (Å²) in [6, 6.07) is 13.1. The first-order valence-electron chi connectivity index (χ1n) is 5.99. The van der Waals surface area contributed by atoms with E-state index in [4.69, 9.17) is 23.2 Å². The smallest absolute Gasteiger partial charge is 0.267 e. The lowest BCUT2D eigenvalue weighted by Gasteiger charge is -2.04. The van der Waals surface area contributed by atoms with E-state index in [1.165, 1.54) is 11.3 Å². The highest BCUT2D eigenvalue weighted by Gasteiger charge is 2.18. The van der Waals surface area contributed by atoms with Gasteiger partial charge in [0.15, 0.2) is 0 Å². The number of rotatable bonds is 2. The van der Waals surface area contributed by atoms with Gasteiger partial charge >= 0.3 is 0 Å². The summed E-state index contributed by atoms with van der Waals surface area (Å²) in [5.74, 6) is -0.223. The molecule has 0 atom stereocenters. The van der Waals surface area contributed by atoms with Crippen LogP contribution in [0.4, 0.5) is 5.69 Å². The van der Waals surface area contributed by atoms with E-state index in [9.17, 15) is 4.79 Å². The Bertz CT molecular complexity index is 847. The molecule has 1 N–H and O–H groups in total. The Morgan fingerprint density at radius 2 is 1.90 bits per heavy atom. The average molecular weight is 448 g/mol. The molecule has 0 spiro atoms. The number of carbonyl (C=O) groups is 1. The van der Waals surface area contributed by atoms with Crippen molar-refractivity contribution >= 4 is 78.8 Å². The number of carbonyl (C=O) groups excluding carboxylic acids is 1. The molecule has 1 amide bonds. The van der Waals surface area contributed by atoms with Crippen LogP contribution in [0.3, 0.4) is 0 Å². The van der Waals surface area contributed by atoms with Gasteiger partial charge in [0.2, 0.25) is 0 Å². The van der Waals surface area contributed by atoms with E-state index in [1.54, 1.807) is 6.07 Å². The quantitative estimate of drug-likeness (QED) is 0.475. The lowest BCUT2D eigenvalue weighted by atomic mass is 10.2. The molecule has 6 heteroatoms. The molecule has 2 nitrogen and oxygen atoms in total. The number of nitrogens with one attached hydrogen (secondary N) is 1. The Balaban J connectivity index is 1.99. The molecule has 3 rings (SSSR count). The standard InChI is InChI=1S/C15H8Cl2INOS/c16-10-5-2-6-11-12(10)13(17)14(21-11)15(20)19-9-4-1-3-8(18)7-9/h1-7H,(H,19,20). The molecule has 0 bridgehead atoms. The SMILES string of the molecule is O=C(Nc1cccc(I)c1)c1sc2cccc(Cl)c2c1Cl. The molecule has 1 heterocycles. The Morgan fingerprint density at radius 1 is 1.14 bits per heavy atom. The molecule has 21 heavy (non-hydrogen) atoms. The summed E-state index contributed by atoms with van der Waals surface area (Å²) in [5, 5.41) is 4.56. The van der Waals surface area contributed by atoms with Crippen LogP contribution < -0.4 is 5.32 Å². The zero-order valence-corrected chi connectivity index (χ0v) is 15.0. The van der Waals surface area contributed by atoms with E-state index < -0.39 is 0 Å². The van der Waals surface area contributed by atoms with Gasteiger partial charge in [-0.1, -0.05) is 35.3 Å². The predicted octanol–water partition coefficient (Wildman–Crippen LogP) is 6.07. The van der Waals surface area contributed by atoms with Crippen molar-refractivity contribution in [2.75, 3.05) is 5.32 Å². The van der Waals surface area contributed by atoms with Crippen molar-refractivity contribution < 1.29 is 4.79 Å². The zero-order valence-electron chi connectivity index (χ0n) is 10.5. The first kappa shape index (κ1) is 15.1. The van der Waals surface area contributed by atoms with Gasteiger partial charge in [0.05, 0.1) is 10.0 Å². The van der Waals surface area contributed by atoms with Gasteiger partial charge in [-0.3, -0.25) is 4.79 Å². The van der Waals surface area contributed by atoms with Crippen LogP contribution in [0.15, 0.2) is 42.5 Å². The second kappa shape index (κ2) is 6.12. The Labute approximate surface area is 149 Å². The largest absolute Gasteiger partial charge is 0.321 e. The second-order valence-corrected chi connectivity index (χ2v) is 7.41. The van der Waals surface area contributed by atoms with Crippen molar-refractivity contribution in [1.82, 2.24) is 0 Å². The summed E-state index contributed by atoms with van der Waals surface area (Å²) in [6.45, 7) is 0. The van der Waals surface area contributed by atoms with E-state index in [0.29, 0.717) is 14.9 Å². The van der Waals surface area contributed by atoms with Gasteiger partial charge in [0.25, 0.3) is 5.91 Å². The van der Waals surface area contributed by atoms with Gasteiger partial charge in [0, 0.05) is 19.3 Å². The number of fused-ring (bicyclic) bond motifs is 1. The molecule has 0 aliphatic rings. The van der Waals surface area contributed by atoms with Crippen LogP contribution in [-0.2, 0) is 0 Å². The van der Waals surface area contributed by atoms with Crippen molar-refractivity contribution in [1.29, 1.82) is 0 Å². The van der Waals surface area contributed by atoms with Gasteiger partial charge in [-0.15, -0.1) is 11.3 Å². The second-order valence-electron chi connectivity index (χ2n) is 4.32. The third-order valence-corrected chi connectivity index (χ3v) is 5.52. The third kappa shape index (κ3) is 3.04. The molecule has 0 saturated carbocycles. The van der Waals surface area contributed by atoms with Crippen LogP contribution in [0.5, 0.6) is 0 Å². The highest BCUT2D eigenvalue weighted by molar-refractivity contribution is 14.1. The molecule has 0 radical (unpaired) electrons. The highest BCUT2D eigenvalue weighted by Crippen LogP contribution is 2.39. The van der Waals surface area contributed by atoms with Crippen molar-refractivity contribution in [2.24, 2.45) is 0 Å². The highest BCUT2D eigenvalue weighted by atomic mass is 127. The molecule has 3 aromatic rings. The van der Waals surface area contributed by atoms with E-state index in [1.807, 2.05) is 36.4 Å². The van der Waals surface area contributed by atoms with E-state index in [0.717, 1.165) is 19.3 Å². The summed E-state index contributed by atoms with van der Waals surface area (Å²) in [5.41, 5.74) is 0.742. The molecular formula is C15H8Cl2INOS. The minimum atomic E-state index is -0.223. The van der Waals surface area contributed by atoms with Crippen LogP contribution in [0.1, 0.15) is 9.67 Å². The fourth-order valence-electron chi connectivity index (χ4n) is 1.97. The fourth-order valence-corrected chi connectivity index (χ4v) is 4.36. The molecular weight excluding hydrogens is 440 g/mol. The lowest BCUT2D eigenvalue weighted by Crippen LogP contribution is -2.10. The lowest BCUT2D eigenvalue weighted by molar-refractivity contribution is 0.103. The van der Waals surface area contributed by atoms with Crippen LogP contribution in [0.2, 0.25) is 10.0 Å². The molecule has 2 aromatic carbocycles. The molecule has 0 aliphatic heterocycles. The summed E-state index contributed by atoms with van der Waals surface area (Å²) in [4.78, 5) is 12.9. The minimum Gasteiger partial charge on any atom is -0.321 e. The van der Waals surface area contributed by atoms with E-state index >= 15 is 0 Å². The van der Waals surface area contributed by atoms with Crippen LogP contribution in [0.25, 0.3) is 10.1 Å². The predicted molar refractivity (Wildman–Crippen MR) is 99.0 cm³/mol. The first-order chi connectivity index (χ1) is 10.1. The Hall–Kier alpha value is -0.820. The fraction of sp³-hybridized carbons (Fsp3) is 0. The number of amides is 1. The molecule has 0 saturated heterocycles. The van der Waals surface area contributed by atoms with Gasteiger partial charge in [0.1, 0.15) is 4.88 Å². The van der Waals surface area contributed by atoms with Crippen molar-refractivity contribution in [3.05, 3.63) is 61.0 Å². The van der Waals surface area contributed by atoms with Gasteiger partial charge in [-0.05, 0) is 52.9 Å². The van der Waals surface area contributed by atoms with Crippen LogP contribution in [-0.4, -0.2) is 5.91 Å². The van der Waals surface area contributed by atoms with Gasteiger partial charge in [-0.25, -0.2) is 0 Å². The summed E-state index contributed by atoms with van der Waals surface area (Å²) in [6.07, 6.45) is 0. The van der Waals surface area contributed by atoms with Crippen LogP contribution >= 0.6 is 57.1 Å². The van der Waals surface area contributed by atoms with Gasteiger partial charge < -0.3 is 5.32 Å². The van der Waals surface area contributed by atoms with Crippen LogP contribution in [0, 0.1) is 3.57 Å². The summed E-state index contributed by atoms with van der Waals surface area (Å²) in [7, 11) is 0. The normalized spacial score (nSPS) is 10.8. The molecule has 0 aliphatic carbocycles. The maximum atomic E-state index is 12.4. The topological polar surface area (TPSA) is 29.1 Å². The van der Waals surface area contributed by atoms with Crippen molar-refractivity contribution in [3.63, 3.8) is 0 Å². The first-order valence-corrected chi connectivity index (χ1v) is 8.65. The van der Waals surface area contributed by atoms with E-state index in [2.05, 4.69) is 27.9 Å². The maximum absolute atomic E-state index is 12.4. The van der Waals surface area contributed by atoms with Crippen molar-refractivity contribution in [3.8, 4) is 0 Å². The number of benzene rings is 2. The zero-order chi connectivity index (χ0) is 15.0. The number of hydrogen-bond acceptors (Lipinski definition) is 2. The monoisotopic (exact) mass is 447 g/mol. The summed E-state index contributed by atoms with van der Waals surface area (Å²) < 4.78 is 1.95. The number of hydrogen-bond donors (Lipinski definition) is 1. The number of anilines is 1. The minimum absolute atomic E-state index is 0.223. The van der Waals surface area contributed by atoms with Gasteiger partial charge in [-0.2, -0.15) is 0 Å². The molecule has 0 fully saturated rings. The Kier molecular flexibility index (Phi) is 4.40. The number of halogens is 3. The Morgan fingerprint density at radius 3 is 2.62 bits per heavy atom. The summed E-state index contributed by atoms with van der Waals surface area (Å²) >= 11 is 16.0.